The van der Waals surface area contributed by atoms with Gasteiger partial charge in [-0.3, -0.25) is 4.79 Å². The Balaban J connectivity index is 2.04. The number of hydrogen-bond donors (Lipinski definition) is 4. The lowest BCUT2D eigenvalue weighted by atomic mass is 10.0. The zero-order valence-corrected chi connectivity index (χ0v) is 10.3. The van der Waals surface area contributed by atoms with Gasteiger partial charge in [-0.05, 0) is 31.5 Å². The van der Waals surface area contributed by atoms with E-state index in [-0.39, 0.29) is 23.3 Å². The van der Waals surface area contributed by atoms with E-state index in [1.54, 1.807) is 0 Å². The predicted molar refractivity (Wildman–Crippen MR) is 69.3 cm³/mol. The van der Waals surface area contributed by atoms with Gasteiger partial charge in [0.15, 0.2) is 0 Å². The first-order valence-electron chi connectivity index (χ1n) is 6.18. The number of amides is 1. The molecule has 1 aromatic carbocycles. The van der Waals surface area contributed by atoms with Crippen molar-refractivity contribution in [2.45, 2.75) is 25.3 Å². The molecule has 0 bridgehead atoms. The van der Waals surface area contributed by atoms with Crippen LogP contribution in [0, 0.1) is 0 Å². The van der Waals surface area contributed by atoms with Crippen molar-refractivity contribution in [1.82, 2.24) is 5.32 Å². The molecule has 1 fully saturated rings. The molecule has 1 heterocycles. The molecule has 102 valence electrons. The van der Waals surface area contributed by atoms with Crippen LogP contribution in [0.4, 0.5) is 5.69 Å². The van der Waals surface area contributed by atoms with Gasteiger partial charge in [0.05, 0.1) is 6.04 Å². The summed E-state index contributed by atoms with van der Waals surface area (Å²) in [7, 11) is 0. The Hall–Kier alpha value is -2.08. The van der Waals surface area contributed by atoms with Gasteiger partial charge in [-0.25, -0.2) is 4.79 Å². The van der Waals surface area contributed by atoms with E-state index in [9.17, 15) is 14.7 Å². The molecule has 1 amide bonds. The number of carboxylic acid groups (broad SMARTS) is 1. The third-order valence-electron chi connectivity index (χ3n) is 3.12. The zero-order valence-electron chi connectivity index (χ0n) is 10.3. The maximum Gasteiger partial charge on any atom is 0.339 e. The first-order valence-corrected chi connectivity index (χ1v) is 6.18. The first kappa shape index (κ1) is 13.4. The van der Waals surface area contributed by atoms with Crippen molar-refractivity contribution < 1.29 is 19.8 Å². The molecule has 0 unspecified atom stereocenters. The quantitative estimate of drug-likeness (QED) is 0.657. The fourth-order valence-electron chi connectivity index (χ4n) is 2.10. The number of nitrogens with one attached hydrogen (secondary N) is 2. The van der Waals surface area contributed by atoms with Crippen molar-refractivity contribution in [2.75, 3.05) is 11.9 Å². The fourth-order valence-corrected chi connectivity index (χ4v) is 2.10. The standard InChI is InChI=1S/C13H16N2O4/c16-11-7-8(4-5-9(11)13(18)19)15-12(17)10-3-1-2-6-14-10/h4-5,7,10,14,16H,1-3,6H2,(H,15,17)(H,18,19)/t10-/m0/s1. The number of piperidine rings is 1. The van der Waals surface area contributed by atoms with Gasteiger partial charge in [-0.2, -0.15) is 0 Å². The maximum atomic E-state index is 11.9. The van der Waals surface area contributed by atoms with E-state index in [1.165, 1.54) is 18.2 Å². The van der Waals surface area contributed by atoms with Crippen molar-refractivity contribution in [3.8, 4) is 5.75 Å². The molecule has 1 aliphatic heterocycles. The topological polar surface area (TPSA) is 98.7 Å². The average molecular weight is 264 g/mol. The Bertz CT molecular complexity index is 495. The number of phenols is 1. The Morgan fingerprint density at radius 3 is 2.68 bits per heavy atom. The number of carbonyl (C=O) groups is 2. The highest BCUT2D eigenvalue weighted by Crippen LogP contribution is 2.22. The van der Waals surface area contributed by atoms with Crippen LogP contribution in [0.15, 0.2) is 18.2 Å². The molecule has 1 aliphatic rings. The van der Waals surface area contributed by atoms with E-state index in [0.29, 0.717) is 5.69 Å². The molecular formula is C13H16N2O4. The van der Waals surface area contributed by atoms with Crippen molar-refractivity contribution in [2.24, 2.45) is 0 Å². The van der Waals surface area contributed by atoms with Crippen LogP contribution in [0.25, 0.3) is 0 Å². The summed E-state index contributed by atoms with van der Waals surface area (Å²) in [6.07, 6.45) is 2.86. The SMILES string of the molecule is O=C(O)c1ccc(NC(=O)[C@@H]2CCCCN2)cc1O. The third kappa shape index (κ3) is 3.23. The lowest BCUT2D eigenvalue weighted by Crippen LogP contribution is -2.43. The lowest BCUT2D eigenvalue weighted by Gasteiger charge is -2.22. The summed E-state index contributed by atoms with van der Waals surface area (Å²) in [4.78, 5) is 22.7. The summed E-state index contributed by atoms with van der Waals surface area (Å²) in [5.74, 6) is -1.73. The van der Waals surface area contributed by atoms with Gasteiger partial charge in [0.1, 0.15) is 11.3 Å². The second kappa shape index (κ2) is 5.71. The molecule has 4 N–H and O–H groups in total. The minimum Gasteiger partial charge on any atom is -0.507 e. The van der Waals surface area contributed by atoms with E-state index in [0.717, 1.165) is 25.8 Å². The largest absolute Gasteiger partial charge is 0.507 e. The second-order valence-corrected chi connectivity index (χ2v) is 4.53. The molecule has 0 spiro atoms. The Kier molecular flexibility index (Phi) is 4.01. The van der Waals surface area contributed by atoms with Crippen molar-refractivity contribution in [3.05, 3.63) is 23.8 Å². The second-order valence-electron chi connectivity index (χ2n) is 4.53. The van der Waals surface area contributed by atoms with Gasteiger partial charge < -0.3 is 20.8 Å². The molecule has 0 saturated carbocycles. The van der Waals surface area contributed by atoms with Gasteiger partial charge in [-0.1, -0.05) is 6.42 Å². The van der Waals surface area contributed by atoms with Crippen molar-refractivity contribution in [1.29, 1.82) is 0 Å². The molecule has 1 saturated heterocycles. The number of benzene rings is 1. The van der Waals surface area contributed by atoms with Gasteiger partial charge in [0.2, 0.25) is 5.91 Å². The van der Waals surface area contributed by atoms with Crippen LogP contribution in [0.1, 0.15) is 29.6 Å². The van der Waals surface area contributed by atoms with Crippen LogP contribution in [0.3, 0.4) is 0 Å². The zero-order chi connectivity index (χ0) is 13.8. The van der Waals surface area contributed by atoms with Crippen LogP contribution in [-0.2, 0) is 4.79 Å². The minimum atomic E-state index is -1.20. The molecule has 6 nitrogen and oxygen atoms in total. The van der Waals surface area contributed by atoms with Crippen LogP contribution in [0.2, 0.25) is 0 Å². The average Bonchev–Trinajstić information content (AvgIpc) is 2.39. The van der Waals surface area contributed by atoms with Crippen molar-refractivity contribution >= 4 is 17.6 Å². The summed E-state index contributed by atoms with van der Waals surface area (Å²) in [5.41, 5.74) is 0.202. The molecule has 19 heavy (non-hydrogen) atoms. The highest BCUT2D eigenvalue weighted by atomic mass is 16.4. The van der Waals surface area contributed by atoms with Gasteiger partial charge >= 0.3 is 5.97 Å². The number of rotatable bonds is 3. The molecular weight excluding hydrogens is 248 g/mol. The summed E-state index contributed by atoms with van der Waals surface area (Å²) < 4.78 is 0. The summed E-state index contributed by atoms with van der Waals surface area (Å²) in [6, 6.07) is 3.74. The number of carboxylic acids is 1. The molecule has 1 aromatic rings. The molecule has 0 aromatic heterocycles. The van der Waals surface area contributed by atoms with Crippen LogP contribution in [-0.4, -0.2) is 34.7 Å². The molecule has 0 aliphatic carbocycles. The van der Waals surface area contributed by atoms with Crippen molar-refractivity contribution in [3.63, 3.8) is 0 Å². The smallest absolute Gasteiger partial charge is 0.339 e. The van der Waals surface area contributed by atoms with Crippen LogP contribution >= 0.6 is 0 Å². The summed E-state index contributed by atoms with van der Waals surface area (Å²) in [6.45, 7) is 0.821. The van der Waals surface area contributed by atoms with Crippen LogP contribution in [0.5, 0.6) is 5.75 Å². The molecule has 0 radical (unpaired) electrons. The highest BCUT2D eigenvalue weighted by molar-refractivity contribution is 5.96. The molecule has 2 rings (SSSR count). The molecule has 6 heteroatoms. The number of aromatic carboxylic acids is 1. The van der Waals surface area contributed by atoms with E-state index in [1.807, 2.05) is 0 Å². The van der Waals surface area contributed by atoms with Gasteiger partial charge in [0, 0.05) is 11.8 Å². The number of hydrogen-bond acceptors (Lipinski definition) is 4. The lowest BCUT2D eigenvalue weighted by molar-refractivity contribution is -0.118. The summed E-state index contributed by atoms with van der Waals surface area (Å²) in [5, 5.41) is 24.1. The first-order chi connectivity index (χ1) is 9.08. The Morgan fingerprint density at radius 1 is 1.32 bits per heavy atom. The number of aromatic hydroxyl groups is 1. The van der Waals surface area contributed by atoms with Crippen LogP contribution < -0.4 is 10.6 Å². The van der Waals surface area contributed by atoms with E-state index in [4.69, 9.17) is 5.11 Å². The van der Waals surface area contributed by atoms with Gasteiger partial charge in [-0.15, -0.1) is 0 Å². The van der Waals surface area contributed by atoms with Gasteiger partial charge in [0.25, 0.3) is 0 Å². The Morgan fingerprint density at radius 2 is 2.11 bits per heavy atom. The van der Waals surface area contributed by atoms with E-state index < -0.39 is 5.97 Å². The predicted octanol–water partition coefficient (Wildman–Crippen LogP) is 1.17. The highest BCUT2D eigenvalue weighted by Gasteiger charge is 2.20. The van der Waals surface area contributed by atoms with E-state index >= 15 is 0 Å². The normalized spacial score (nSPS) is 18.8. The van der Waals surface area contributed by atoms with E-state index in [2.05, 4.69) is 10.6 Å². The number of anilines is 1. The number of carbonyl (C=O) groups excluding carboxylic acids is 1. The monoisotopic (exact) mass is 264 g/mol. The Labute approximate surface area is 110 Å². The third-order valence-corrected chi connectivity index (χ3v) is 3.12. The maximum absolute atomic E-state index is 11.9. The fraction of sp³-hybridized carbons (Fsp3) is 0.385. The minimum absolute atomic E-state index is 0.165. The molecule has 1 atom stereocenters. The summed E-state index contributed by atoms with van der Waals surface area (Å²) >= 11 is 0.